The van der Waals surface area contributed by atoms with Crippen LogP contribution >= 0.6 is 0 Å². The summed E-state index contributed by atoms with van der Waals surface area (Å²) >= 11 is 0. The standard InChI is InChI=1S/C28H43N3O2/c1-16(2)25-26(33)31(18(4)29-25)30-20-11-13-27(5)19(15-20)7-8-21-23-10-9-22(17(3)32)28(23,6)14-12-24(21)27/h15-16,18,21-25,29H,7-14H2,1-6H3/b30-20+/t18-,21?,22-,23?,24?,25?,27+,28-/m1/s1. The summed E-state index contributed by atoms with van der Waals surface area (Å²) < 4.78 is 0. The van der Waals surface area contributed by atoms with E-state index in [-0.39, 0.29) is 40.8 Å². The van der Waals surface area contributed by atoms with Crippen LogP contribution in [0, 0.1) is 40.4 Å². The Morgan fingerprint density at radius 1 is 1.12 bits per heavy atom. The van der Waals surface area contributed by atoms with E-state index in [1.165, 1.54) is 25.7 Å². The number of rotatable bonds is 3. The molecule has 0 aromatic rings. The molecule has 8 atom stereocenters. The van der Waals surface area contributed by atoms with Crippen molar-refractivity contribution in [2.75, 3.05) is 0 Å². The Balaban J connectivity index is 1.37. The van der Waals surface area contributed by atoms with Crippen molar-refractivity contribution in [1.29, 1.82) is 0 Å². The van der Waals surface area contributed by atoms with Gasteiger partial charge in [-0.05, 0) is 106 Å². The molecule has 33 heavy (non-hydrogen) atoms. The number of fused-ring (bicyclic) bond motifs is 5. The summed E-state index contributed by atoms with van der Waals surface area (Å²) in [6.45, 7) is 13.0. The second-order valence-corrected chi connectivity index (χ2v) is 12.6. The summed E-state index contributed by atoms with van der Waals surface area (Å²) in [5.41, 5.74) is 3.10. The van der Waals surface area contributed by atoms with Crippen molar-refractivity contribution in [1.82, 2.24) is 10.3 Å². The summed E-state index contributed by atoms with van der Waals surface area (Å²) in [6.07, 6.45) is 11.6. The van der Waals surface area contributed by atoms with E-state index >= 15 is 0 Å². The molecule has 1 N–H and O–H groups in total. The Morgan fingerprint density at radius 3 is 2.55 bits per heavy atom. The molecule has 5 aliphatic rings. The van der Waals surface area contributed by atoms with E-state index in [0.29, 0.717) is 11.7 Å². The highest BCUT2D eigenvalue weighted by Gasteiger charge is 2.59. The maximum Gasteiger partial charge on any atom is 0.261 e. The minimum Gasteiger partial charge on any atom is -0.300 e. The number of ketones is 1. The topological polar surface area (TPSA) is 61.8 Å². The largest absolute Gasteiger partial charge is 0.300 e. The summed E-state index contributed by atoms with van der Waals surface area (Å²) in [6, 6.07) is -0.136. The fourth-order valence-corrected chi connectivity index (χ4v) is 8.80. The Hall–Kier alpha value is -1.49. The van der Waals surface area contributed by atoms with Gasteiger partial charge in [0.05, 0.1) is 11.8 Å². The van der Waals surface area contributed by atoms with Crippen LogP contribution in [0.1, 0.15) is 92.9 Å². The summed E-state index contributed by atoms with van der Waals surface area (Å²) in [7, 11) is 0. The van der Waals surface area contributed by atoms with Crippen molar-refractivity contribution in [3.63, 3.8) is 0 Å². The number of nitrogens with zero attached hydrogens (tertiary/aromatic N) is 2. The molecule has 1 saturated heterocycles. The molecule has 0 aromatic carbocycles. The highest BCUT2D eigenvalue weighted by atomic mass is 16.2. The van der Waals surface area contributed by atoms with Crippen LogP contribution in [0.5, 0.6) is 0 Å². The van der Waals surface area contributed by atoms with E-state index in [0.717, 1.165) is 43.2 Å². The second-order valence-electron chi connectivity index (χ2n) is 12.6. The molecule has 1 amide bonds. The molecule has 1 heterocycles. The van der Waals surface area contributed by atoms with Gasteiger partial charge in [-0.25, -0.2) is 5.01 Å². The van der Waals surface area contributed by atoms with Crippen molar-refractivity contribution in [3.05, 3.63) is 11.6 Å². The quantitative estimate of drug-likeness (QED) is 0.630. The van der Waals surface area contributed by atoms with Crippen LogP contribution in [0.25, 0.3) is 0 Å². The highest BCUT2D eigenvalue weighted by Crippen LogP contribution is 2.66. The van der Waals surface area contributed by atoms with E-state index in [2.05, 4.69) is 39.1 Å². The summed E-state index contributed by atoms with van der Waals surface area (Å²) in [5, 5.41) is 9.97. The summed E-state index contributed by atoms with van der Waals surface area (Å²) in [4.78, 5) is 25.3. The number of nitrogens with one attached hydrogen (secondary N) is 1. The molecule has 0 spiro atoms. The lowest BCUT2D eigenvalue weighted by Gasteiger charge is -2.58. The zero-order chi connectivity index (χ0) is 23.7. The average Bonchev–Trinajstić information content (AvgIpc) is 3.25. The predicted molar refractivity (Wildman–Crippen MR) is 131 cm³/mol. The van der Waals surface area contributed by atoms with Crippen molar-refractivity contribution < 1.29 is 9.59 Å². The minimum atomic E-state index is -0.136. The maximum atomic E-state index is 12.9. The SMILES string of the molecule is CC(=O)[C@H]1CCC2C3CCC4=C/C(=N/N5C(=O)C(C(C)C)N[C@H]5C)CC[C@]4(C)C3CC[C@@]21C. The van der Waals surface area contributed by atoms with Crippen LogP contribution in [0.4, 0.5) is 0 Å². The van der Waals surface area contributed by atoms with Gasteiger partial charge in [-0.3, -0.25) is 14.9 Å². The van der Waals surface area contributed by atoms with Gasteiger partial charge in [-0.1, -0.05) is 33.3 Å². The molecule has 4 unspecified atom stereocenters. The van der Waals surface area contributed by atoms with Gasteiger partial charge in [-0.15, -0.1) is 0 Å². The van der Waals surface area contributed by atoms with Crippen LogP contribution in [-0.4, -0.2) is 34.6 Å². The molecule has 182 valence electrons. The van der Waals surface area contributed by atoms with Gasteiger partial charge in [0, 0.05) is 5.92 Å². The van der Waals surface area contributed by atoms with Crippen molar-refractivity contribution in [2.24, 2.45) is 45.5 Å². The molecular formula is C28H43N3O2. The van der Waals surface area contributed by atoms with Crippen LogP contribution in [0.3, 0.4) is 0 Å². The second kappa shape index (κ2) is 8.03. The third-order valence-electron chi connectivity index (χ3n) is 10.7. The van der Waals surface area contributed by atoms with E-state index in [4.69, 9.17) is 5.10 Å². The van der Waals surface area contributed by atoms with E-state index in [1.54, 1.807) is 10.6 Å². The number of hydrazone groups is 1. The Morgan fingerprint density at radius 2 is 1.88 bits per heavy atom. The number of hydrogen-bond donors (Lipinski definition) is 1. The lowest BCUT2D eigenvalue weighted by molar-refractivity contribution is -0.130. The molecule has 5 rings (SSSR count). The molecule has 0 bridgehead atoms. The zero-order valence-electron chi connectivity index (χ0n) is 21.5. The average molecular weight is 454 g/mol. The number of carbonyl (C=O) groups is 2. The zero-order valence-corrected chi connectivity index (χ0v) is 21.5. The monoisotopic (exact) mass is 453 g/mol. The number of amides is 1. The van der Waals surface area contributed by atoms with Crippen LogP contribution in [-0.2, 0) is 9.59 Å². The van der Waals surface area contributed by atoms with Crippen molar-refractivity contribution >= 4 is 17.4 Å². The molecular weight excluding hydrogens is 410 g/mol. The third kappa shape index (κ3) is 3.47. The molecule has 3 saturated carbocycles. The fourth-order valence-electron chi connectivity index (χ4n) is 8.80. The first-order valence-corrected chi connectivity index (χ1v) is 13.4. The Bertz CT molecular complexity index is 907. The number of allylic oxidation sites excluding steroid dienone is 2. The molecule has 0 radical (unpaired) electrons. The van der Waals surface area contributed by atoms with Gasteiger partial charge < -0.3 is 0 Å². The number of hydrogen-bond acceptors (Lipinski definition) is 4. The molecule has 4 aliphatic carbocycles. The van der Waals surface area contributed by atoms with Crippen LogP contribution in [0.15, 0.2) is 16.8 Å². The van der Waals surface area contributed by atoms with Crippen LogP contribution in [0.2, 0.25) is 0 Å². The van der Waals surface area contributed by atoms with Gasteiger partial charge in [-0.2, -0.15) is 5.10 Å². The number of Topliss-reactive ketones (excluding diaryl/α,β-unsaturated/α-hetero) is 1. The highest BCUT2D eigenvalue weighted by molar-refractivity contribution is 5.98. The van der Waals surface area contributed by atoms with Gasteiger partial charge >= 0.3 is 0 Å². The van der Waals surface area contributed by atoms with Gasteiger partial charge in [0.15, 0.2) is 0 Å². The lowest BCUT2D eigenvalue weighted by atomic mass is 9.46. The van der Waals surface area contributed by atoms with E-state index < -0.39 is 0 Å². The molecule has 0 aromatic heterocycles. The van der Waals surface area contributed by atoms with Gasteiger partial charge in [0.1, 0.15) is 11.9 Å². The predicted octanol–water partition coefficient (Wildman–Crippen LogP) is 5.31. The smallest absolute Gasteiger partial charge is 0.261 e. The molecule has 4 fully saturated rings. The molecule has 5 nitrogen and oxygen atoms in total. The first-order valence-electron chi connectivity index (χ1n) is 13.4. The van der Waals surface area contributed by atoms with Gasteiger partial charge in [0.2, 0.25) is 0 Å². The molecule has 5 heteroatoms. The maximum absolute atomic E-state index is 12.9. The normalized spacial score (nSPS) is 46.3. The lowest BCUT2D eigenvalue weighted by Crippen LogP contribution is -2.51. The first kappa shape index (κ1) is 23.3. The van der Waals surface area contributed by atoms with Crippen molar-refractivity contribution in [3.8, 4) is 0 Å². The molecule has 1 aliphatic heterocycles. The number of carbonyl (C=O) groups excluding carboxylic acids is 2. The Labute approximate surface area is 199 Å². The summed E-state index contributed by atoms with van der Waals surface area (Å²) in [5.74, 6) is 3.26. The van der Waals surface area contributed by atoms with Gasteiger partial charge in [0.25, 0.3) is 5.91 Å². The Kier molecular flexibility index (Phi) is 5.66. The van der Waals surface area contributed by atoms with E-state index in [1.807, 2.05) is 13.8 Å². The minimum absolute atomic E-state index is 0.0487. The third-order valence-corrected chi connectivity index (χ3v) is 10.7. The van der Waals surface area contributed by atoms with Crippen molar-refractivity contribution in [2.45, 2.75) is 105 Å². The van der Waals surface area contributed by atoms with E-state index in [9.17, 15) is 9.59 Å². The first-order chi connectivity index (χ1) is 15.6. The van der Waals surface area contributed by atoms with Crippen LogP contribution < -0.4 is 5.32 Å². The fraction of sp³-hybridized carbons (Fsp3) is 0.821.